The number of aromatic amines is 1. The summed E-state index contributed by atoms with van der Waals surface area (Å²) in [6.07, 6.45) is 11.8. The van der Waals surface area contributed by atoms with Crippen molar-refractivity contribution in [2.75, 3.05) is 0 Å². The van der Waals surface area contributed by atoms with Crippen molar-refractivity contribution in [3.8, 4) is 6.07 Å². The second-order valence-electron chi connectivity index (χ2n) is 5.06. The molecule has 1 N–H and O–H groups in total. The number of nitrogens with one attached hydrogen (secondary N) is 1. The van der Waals surface area contributed by atoms with Crippen molar-refractivity contribution in [1.82, 2.24) is 4.98 Å². The van der Waals surface area contributed by atoms with Crippen molar-refractivity contribution in [1.29, 1.82) is 5.26 Å². The van der Waals surface area contributed by atoms with E-state index in [9.17, 15) is 0 Å². The Labute approximate surface area is 101 Å². The molecule has 1 fully saturated rings. The topological polar surface area (TPSA) is 51.9 Å². The molecule has 1 aliphatic carbocycles. The fourth-order valence-electron chi connectivity index (χ4n) is 3.03. The summed E-state index contributed by atoms with van der Waals surface area (Å²) in [7, 11) is 0. The van der Waals surface area contributed by atoms with Crippen LogP contribution in [0.5, 0.6) is 0 Å². The molecule has 3 heteroatoms. The quantitative estimate of drug-likeness (QED) is 0.781. The van der Waals surface area contributed by atoms with Gasteiger partial charge < -0.3 is 4.98 Å². The number of aromatic nitrogens is 1. The van der Waals surface area contributed by atoms with Gasteiger partial charge in [0, 0.05) is 17.8 Å². The maximum absolute atomic E-state index is 8.89. The summed E-state index contributed by atoms with van der Waals surface area (Å²) in [6, 6.07) is 2.02. The summed E-state index contributed by atoms with van der Waals surface area (Å²) >= 11 is 0. The average molecular weight is 227 g/mol. The molecule has 2 heterocycles. The first kappa shape index (κ1) is 10.6. The minimum Gasteiger partial charge on any atom is -0.346 e. The highest BCUT2D eigenvalue weighted by molar-refractivity contribution is 5.34. The number of hydrogen-bond donors (Lipinski definition) is 1. The van der Waals surface area contributed by atoms with Gasteiger partial charge in [-0.05, 0) is 24.3 Å². The molecule has 0 spiro atoms. The van der Waals surface area contributed by atoms with E-state index in [-0.39, 0.29) is 6.04 Å². The minimum absolute atomic E-state index is 0.194. The fraction of sp³-hybridized carbons (Fsp3) is 0.571. The molecular weight excluding hydrogens is 210 g/mol. The van der Waals surface area contributed by atoms with Gasteiger partial charge in [-0.15, -0.1) is 0 Å². The number of H-pyrrole nitrogens is 1. The van der Waals surface area contributed by atoms with Gasteiger partial charge in [0.2, 0.25) is 0 Å². The predicted octanol–water partition coefficient (Wildman–Crippen LogP) is 1.76. The Morgan fingerprint density at radius 3 is 2.88 bits per heavy atom. The van der Waals surface area contributed by atoms with Crippen LogP contribution in [0.3, 0.4) is 0 Å². The van der Waals surface area contributed by atoms with E-state index in [0.717, 1.165) is 11.9 Å². The van der Waals surface area contributed by atoms with Crippen LogP contribution in [-0.2, 0) is 0 Å². The van der Waals surface area contributed by atoms with Gasteiger partial charge >= 0.3 is 0 Å². The lowest BCUT2D eigenvalue weighted by Crippen LogP contribution is -2.32. The van der Waals surface area contributed by atoms with Gasteiger partial charge in [-0.3, -0.25) is 0 Å². The summed E-state index contributed by atoms with van der Waals surface area (Å²) in [5, 5.41) is 10.2. The highest BCUT2D eigenvalue weighted by Gasteiger charge is 2.19. The van der Waals surface area contributed by atoms with Crippen molar-refractivity contribution in [2.24, 2.45) is 4.99 Å². The molecule has 3 nitrogen and oxygen atoms in total. The summed E-state index contributed by atoms with van der Waals surface area (Å²) in [6.45, 7) is 0. The molecule has 88 valence electrons. The van der Waals surface area contributed by atoms with Gasteiger partial charge in [0.05, 0.1) is 6.07 Å². The first-order valence-corrected chi connectivity index (χ1v) is 6.53. The first-order valence-electron chi connectivity index (χ1n) is 6.53. The van der Waals surface area contributed by atoms with Crippen molar-refractivity contribution < 1.29 is 0 Å². The van der Waals surface area contributed by atoms with Crippen LogP contribution < -0.4 is 10.7 Å². The van der Waals surface area contributed by atoms with Crippen LogP contribution in [0.4, 0.5) is 0 Å². The average Bonchev–Trinajstić information content (AvgIpc) is 2.82. The lowest BCUT2D eigenvalue weighted by molar-refractivity contribution is 0.442. The molecule has 0 bridgehead atoms. The van der Waals surface area contributed by atoms with Crippen molar-refractivity contribution in [3.05, 3.63) is 22.5 Å². The summed E-state index contributed by atoms with van der Waals surface area (Å²) in [5.74, 6) is 0.703. The second kappa shape index (κ2) is 4.37. The Hall–Kier alpha value is -1.56. The Morgan fingerprint density at radius 1 is 1.29 bits per heavy atom. The van der Waals surface area contributed by atoms with Crippen molar-refractivity contribution >= 4 is 6.08 Å². The number of rotatable bonds is 1. The number of hydrogen-bond acceptors (Lipinski definition) is 2. The molecular formula is C14H17N3. The number of nitriles is 1. The molecule has 3 rings (SSSR count). The van der Waals surface area contributed by atoms with Crippen LogP contribution in [0.2, 0.25) is 0 Å². The lowest BCUT2D eigenvalue weighted by Gasteiger charge is -2.20. The van der Waals surface area contributed by atoms with Crippen LogP contribution in [-0.4, -0.2) is 11.0 Å². The summed E-state index contributed by atoms with van der Waals surface area (Å²) in [4.78, 5) is 7.67. The standard InChI is InChI=1S/C14H17N3/c15-8-11-6-7-12-13(9-16-14(12)17-11)10-4-2-1-3-5-10/h7,9-11H,1-6H2,(H,16,17). The summed E-state index contributed by atoms with van der Waals surface area (Å²) in [5.41, 5.74) is 2.35. The van der Waals surface area contributed by atoms with Crippen LogP contribution in [0.1, 0.15) is 50.0 Å². The van der Waals surface area contributed by atoms with Gasteiger partial charge in [0.25, 0.3) is 0 Å². The third kappa shape index (κ3) is 1.88. The van der Waals surface area contributed by atoms with Crippen molar-refractivity contribution in [2.45, 2.75) is 50.5 Å². The summed E-state index contributed by atoms with van der Waals surface area (Å²) < 4.78 is 0. The SMILES string of the molecule is N#CC1CC=c2c(C3CCCCC3)c[nH]c2=N1. The predicted molar refractivity (Wildman–Crippen MR) is 65.9 cm³/mol. The van der Waals surface area contributed by atoms with Gasteiger partial charge in [0.15, 0.2) is 0 Å². The van der Waals surface area contributed by atoms with E-state index < -0.39 is 0 Å². The molecule has 0 amide bonds. The maximum atomic E-state index is 8.89. The normalized spacial score (nSPS) is 24.3. The monoisotopic (exact) mass is 227 g/mol. The van der Waals surface area contributed by atoms with E-state index in [1.807, 2.05) is 0 Å². The molecule has 0 aromatic carbocycles. The van der Waals surface area contributed by atoms with Crippen LogP contribution in [0.25, 0.3) is 6.08 Å². The number of fused-ring (bicyclic) bond motifs is 1. The Balaban J connectivity index is 1.99. The van der Waals surface area contributed by atoms with Crippen molar-refractivity contribution in [3.63, 3.8) is 0 Å². The maximum Gasteiger partial charge on any atom is 0.142 e. The van der Waals surface area contributed by atoms with E-state index in [1.54, 1.807) is 0 Å². The molecule has 0 radical (unpaired) electrons. The molecule has 0 saturated heterocycles. The highest BCUT2D eigenvalue weighted by Crippen LogP contribution is 2.30. The fourth-order valence-corrected chi connectivity index (χ4v) is 3.03. The van der Waals surface area contributed by atoms with Crippen LogP contribution in [0, 0.1) is 11.3 Å². The van der Waals surface area contributed by atoms with Gasteiger partial charge in [-0.25, -0.2) is 4.99 Å². The Bertz CT molecular complexity index is 555. The molecule has 2 aliphatic rings. The zero-order valence-electron chi connectivity index (χ0n) is 9.95. The Kier molecular flexibility index (Phi) is 2.72. The largest absolute Gasteiger partial charge is 0.346 e. The van der Waals surface area contributed by atoms with Crippen LogP contribution >= 0.6 is 0 Å². The third-order valence-electron chi connectivity index (χ3n) is 3.95. The molecule has 1 aliphatic heterocycles. The van der Waals surface area contributed by atoms with E-state index >= 15 is 0 Å². The van der Waals surface area contributed by atoms with Gasteiger partial charge in [-0.1, -0.05) is 25.3 Å². The lowest BCUT2D eigenvalue weighted by atomic mass is 9.84. The molecule has 1 atom stereocenters. The van der Waals surface area contributed by atoms with E-state index in [1.165, 1.54) is 42.9 Å². The van der Waals surface area contributed by atoms with Crippen LogP contribution in [0.15, 0.2) is 11.2 Å². The Morgan fingerprint density at radius 2 is 2.12 bits per heavy atom. The number of nitrogens with zero attached hydrogens (tertiary/aromatic N) is 2. The zero-order chi connectivity index (χ0) is 11.7. The third-order valence-corrected chi connectivity index (χ3v) is 3.95. The highest BCUT2D eigenvalue weighted by atomic mass is 14.9. The first-order chi connectivity index (χ1) is 8.38. The second-order valence-corrected chi connectivity index (χ2v) is 5.06. The minimum atomic E-state index is -0.194. The van der Waals surface area contributed by atoms with E-state index in [2.05, 4.69) is 28.3 Å². The van der Waals surface area contributed by atoms with E-state index in [4.69, 9.17) is 5.26 Å². The molecule has 17 heavy (non-hydrogen) atoms. The smallest absolute Gasteiger partial charge is 0.142 e. The van der Waals surface area contributed by atoms with Gasteiger partial charge in [-0.2, -0.15) is 5.26 Å². The molecule has 1 saturated carbocycles. The van der Waals surface area contributed by atoms with Gasteiger partial charge in [0.1, 0.15) is 11.5 Å². The molecule has 1 unspecified atom stereocenters. The molecule has 1 aromatic rings. The molecule has 1 aromatic heterocycles. The zero-order valence-corrected chi connectivity index (χ0v) is 9.95. The van der Waals surface area contributed by atoms with E-state index in [0.29, 0.717) is 5.92 Å².